The lowest BCUT2D eigenvalue weighted by molar-refractivity contribution is -0.143. The number of carbonyl (C=O) groups is 2. The first kappa shape index (κ1) is 19.3. The van der Waals surface area contributed by atoms with Gasteiger partial charge in [-0.25, -0.2) is 4.79 Å². The van der Waals surface area contributed by atoms with Gasteiger partial charge in [-0.1, -0.05) is 18.2 Å². The molecule has 0 spiro atoms. The molecule has 0 aromatic heterocycles. The second-order valence-corrected chi connectivity index (χ2v) is 5.97. The lowest BCUT2D eigenvalue weighted by Gasteiger charge is -2.18. The van der Waals surface area contributed by atoms with Gasteiger partial charge in [-0.15, -0.1) is 0 Å². The predicted molar refractivity (Wildman–Crippen MR) is 102 cm³/mol. The van der Waals surface area contributed by atoms with E-state index >= 15 is 0 Å². The predicted octanol–water partition coefficient (Wildman–Crippen LogP) is 2.34. The van der Waals surface area contributed by atoms with Gasteiger partial charge in [-0.2, -0.15) is 0 Å². The van der Waals surface area contributed by atoms with E-state index in [0.29, 0.717) is 31.3 Å². The quantitative estimate of drug-likeness (QED) is 0.584. The summed E-state index contributed by atoms with van der Waals surface area (Å²) < 4.78 is 21.0. The van der Waals surface area contributed by atoms with Crippen LogP contribution in [-0.4, -0.2) is 38.8 Å². The summed E-state index contributed by atoms with van der Waals surface area (Å²) in [7, 11) is 1.59. The molecule has 1 heterocycles. The Balaban J connectivity index is 1.41. The van der Waals surface area contributed by atoms with Crippen LogP contribution in [0.4, 0.5) is 0 Å². The van der Waals surface area contributed by atoms with E-state index in [0.717, 1.165) is 16.9 Å². The maximum Gasteiger partial charge on any atom is 0.331 e. The third-order valence-electron chi connectivity index (χ3n) is 3.97. The van der Waals surface area contributed by atoms with Gasteiger partial charge >= 0.3 is 5.97 Å². The third kappa shape index (κ3) is 5.51. The molecule has 1 N–H and O–H groups in total. The Morgan fingerprint density at radius 2 is 1.82 bits per heavy atom. The molecule has 1 aliphatic rings. The number of rotatable bonds is 7. The molecule has 0 saturated heterocycles. The number of benzene rings is 2. The average molecular weight is 383 g/mol. The van der Waals surface area contributed by atoms with Gasteiger partial charge in [0, 0.05) is 12.6 Å². The van der Waals surface area contributed by atoms with Crippen molar-refractivity contribution < 1.29 is 28.5 Å². The van der Waals surface area contributed by atoms with Crippen molar-refractivity contribution in [1.29, 1.82) is 0 Å². The van der Waals surface area contributed by atoms with Gasteiger partial charge in [0.2, 0.25) is 0 Å². The van der Waals surface area contributed by atoms with Crippen molar-refractivity contribution >= 4 is 18.0 Å². The van der Waals surface area contributed by atoms with Crippen LogP contribution < -0.4 is 19.5 Å². The minimum Gasteiger partial charge on any atom is -0.497 e. The number of esters is 1. The highest BCUT2D eigenvalue weighted by Crippen LogP contribution is 2.31. The summed E-state index contributed by atoms with van der Waals surface area (Å²) in [5.41, 5.74) is 1.68. The molecule has 0 atom stereocenters. The van der Waals surface area contributed by atoms with Crippen LogP contribution >= 0.6 is 0 Å². The molecule has 1 aliphatic heterocycles. The number of ether oxygens (including phenoxy) is 4. The molecule has 146 valence electrons. The van der Waals surface area contributed by atoms with E-state index in [1.165, 1.54) is 6.08 Å². The van der Waals surface area contributed by atoms with Crippen molar-refractivity contribution in [1.82, 2.24) is 5.32 Å². The van der Waals surface area contributed by atoms with E-state index in [4.69, 9.17) is 18.9 Å². The zero-order valence-electron chi connectivity index (χ0n) is 15.5. The van der Waals surface area contributed by atoms with Crippen molar-refractivity contribution in [3.63, 3.8) is 0 Å². The molecule has 2 aromatic carbocycles. The maximum absolute atomic E-state index is 11.8. The van der Waals surface area contributed by atoms with Crippen LogP contribution in [-0.2, 0) is 20.9 Å². The van der Waals surface area contributed by atoms with Gasteiger partial charge < -0.3 is 24.3 Å². The average Bonchev–Trinajstić information content (AvgIpc) is 2.75. The van der Waals surface area contributed by atoms with E-state index in [1.807, 2.05) is 24.3 Å². The van der Waals surface area contributed by atoms with Gasteiger partial charge in [-0.3, -0.25) is 4.79 Å². The van der Waals surface area contributed by atoms with E-state index in [9.17, 15) is 9.59 Å². The molecular weight excluding hydrogens is 362 g/mol. The molecule has 7 heteroatoms. The topological polar surface area (TPSA) is 83.1 Å². The van der Waals surface area contributed by atoms with E-state index < -0.39 is 5.97 Å². The van der Waals surface area contributed by atoms with E-state index in [2.05, 4.69) is 5.32 Å². The van der Waals surface area contributed by atoms with E-state index in [-0.39, 0.29) is 12.5 Å². The summed E-state index contributed by atoms with van der Waals surface area (Å²) in [5, 5.41) is 2.69. The molecule has 0 saturated carbocycles. The zero-order chi connectivity index (χ0) is 19.8. The van der Waals surface area contributed by atoms with E-state index in [1.54, 1.807) is 31.4 Å². The number of methoxy groups -OCH3 is 1. The van der Waals surface area contributed by atoms with Crippen LogP contribution in [0.1, 0.15) is 11.1 Å². The number of amides is 1. The van der Waals surface area contributed by atoms with Gasteiger partial charge in [0.15, 0.2) is 18.1 Å². The normalized spacial score (nSPS) is 12.5. The summed E-state index contributed by atoms with van der Waals surface area (Å²) in [6, 6.07) is 12.7. The summed E-state index contributed by atoms with van der Waals surface area (Å²) >= 11 is 0. The number of hydrogen-bond donors (Lipinski definition) is 1. The standard InChI is InChI=1S/C21H21NO6/c1-25-17-6-2-16(3-7-17)13-22-20(23)14-28-21(24)9-5-15-4-8-18-19(12-15)27-11-10-26-18/h2-9,12H,10-11,13-14H2,1H3,(H,22,23). The Labute approximate surface area is 162 Å². The van der Waals surface area contributed by atoms with Gasteiger partial charge in [0.25, 0.3) is 5.91 Å². The first-order valence-electron chi connectivity index (χ1n) is 8.78. The number of hydrogen-bond acceptors (Lipinski definition) is 6. The van der Waals surface area contributed by atoms with Crippen LogP contribution in [0, 0.1) is 0 Å². The van der Waals surface area contributed by atoms with Gasteiger partial charge in [0.1, 0.15) is 19.0 Å². The molecule has 0 unspecified atom stereocenters. The Bertz CT molecular complexity index is 860. The SMILES string of the molecule is COc1ccc(CNC(=O)COC(=O)C=Cc2ccc3c(c2)OCCO3)cc1. The number of nitrogens with one attached hydrogen (secondary N) is 1. The molecule has 28 heavy (non-hydrogen) atoms. The lowest BCUT2D eigenvalue weighted by atomic mass is 10.2. The minimum absolute atomic E-state index is 0.341. The fourth-order valence-electron chi connectivity index (χ4n) is 2.51. The molecular formula is C21H21NO6. The summed E-state index contributed by atoms with van der Waals surface area (Å²) in [6.07, 6.45) is 2.86. The third-order valence-corrected chi connectivity index (χ3v) is 3.97. The van der Waals surface area contributed by atoms with Crippen molar-refractivity contribution in [3.05, 3.63) is 59.7 Å². The highest BCUT2D eigenvalue weighted by molar-refractivity contribution is 5.89. The lowest BCUT2D eigenvalue weighted by Crippen LogP contribution is -2.28. The largest absolute Gasteiger partial charge is 0.497 e. The highest BCUT2D eigenvalue weighted by Gasteiger charge is 2.11. The number of carbonyl (C=O) groups excluding carboxylic acids is 2. The molecule has 2 aromatic rings. The first-order chi connectivity index (χ1) is 13.6. The fourth-order valence-corrected chi connectivity index (χ4v) is 2.51. The van der Waals surface area contributed by atoms with Crippen LogP contribution in [0.25, 0.3) is 6.08 Å². The maximum atomic E-state index is 11.8. The second kappa shape index (κ2) is 9.45. The second-order valence-electron chi connectivity index (χ2n) is 5.97. The van der Waals surface area contributed by atoms with Crippen molar-refractivity contribution in [3.8, 4) is 17.2 Å². The Kier molecular flexibility index (Phi) is 6.51. The van der Waals surface area contributed by atoms with Crippen LogP contribution in [0.2, 0.25) is 0 Å². The van der Waals surface area contributed by atoms with Gasteiger partial charge in [-0.05, 0) is 41.5 Å². The Morgan fingerprint density at radius 3 is 2.57 bits per heavy atom. The molecule has 1 amide bonds. The molecule has 0 radical (unpaired) electrons. The fraction of sp³-hybridized carbons (Fsp3) is 0.238. The first-order valence-corrected chi connectivity index (χ1v) is 8.78. The zero-order valence-corrected chi connectivity index (χ0v) is 15.5. The van der Waals surface area contributed by atoms with Crippen LogP contribution in [0.15, 0.2) is 48.5 Å². The van der Waals surface area contributed by atoms with Crippen LogP contribution in [0.3, 0.4) is 0 Å². The van der Waals surface area contributed by atoms with Gasteiger partial charge in [0.05, 0.1) is 7.11 Å². The molecule has 0 aliphatic carbocycles. The minimum atomic E-state index is -0.602. The molecule has 0 bridgehead atoms. The molecule has 0 fully saturated rings. The number of fused-ring (bicyclic) bond motifs is 1. The summed E-state index contributed by atoms with van der Waals surface area (Å²) in [5.74, 6) is 1.08. The highest BCUT2D eigenvalue weighted by atomic mass is 16.6. The van der Waals surface area contributed by atoms with Crippen molar-refractivity contribution in [2.45, 2.75) is 6.54 Å². The molecule has 3 rings (SSSR count). The Hall–Kier alpha value is -3.48. The van der Waals surface area contributed by atoms with Crippen molar-refractivity contribution in [2.24, 2.45) is 0 Å². The monoisotopic (exact) mass is 383 g/mol. The summed E-state index contributed by atoms with van der Waals surface area (Å²) in [4.78, 5) is 23.6. The molecule has 7 nitrogen and oxygen atoms in total. The Morgan fingerprint density at radius 1 is 1.07 bits per heavy atom. The smallest absolute Gasteiger partial charge is 0.331 e. The van der Waals surface area contributed by atoms with Crippen molar-refractivity contribution in [2.75, 3.05) is 26.9 Å². The summed E-state index contributed by atoms with van der Waals surface area (Å²) in [6.45, 7) is 1.01. The van der Waals surface area contributed by atoms with Crippen LogP contribution in [0.5, 0.6) is 17.2 Å².